The Morgan fingerprint density at radius 2 is 2.24 bits per heavy atom. The summed E-state index contributed by atoms with van der Waals surface area (Å²) in [6.45, 7) is 3.70. The van der Waals surface area contributed by atoms with Crippen molar-refractivity contribution in [3.05, 3.63) is 51.4 Å². The lowest BCUT2D eigenvalue weighted by molar-refractivity contribution is 0.407. The maximum absolute atomic E-state index is 12.3. The highest BCUT2D eigenvalue weighted by atomic mass is 32.1. The highest BCUT2D eigenvalue weighted by Crippen LogP contribution is 2.31. The number of hydrogen-bond acceptors (Lipinski definition) is 6. The Balaban J connectivity index is 1.68. The first-order valence-electron chi connectivity index (χ1n) is 8.49. The van der Waals surface area contributed by atoms with E-state index in [1.165, 1.54) is 27.0 Å². The van der Waals surface area contributed by atoms with E-state index in [-0.39, 0.29) is 5.56 Å². The molecule has 6 nitrogen and oxygen atoms in total. The van der Waals surface area contributed by atoms with Crippen molar-refractivity contribution in [2.45, 2.75) is 32.7 Å². The van der Waals surface area contributed by atoms with Crippen LogP contribution in [0.2, 0.25) is 0 Å². The first-order valence-corrected chi connectivity index (χ1v) is 9.30. The molecule has 0 atom stereocenters. The molecule has 0 aliphatic carbocycles. The second-order valence-corrected chi connectivity index (χ2v) is 7.12. The average molecular weight is 356 g/mol. The largest absolute Gasteiger partial charge is 0.496 e. The van der Waals surface area contributed by atoms with E-state index < -0.39 is 0 Å². The molecule has 1 aliphatic heterocycles. The first-order chi connectivity index (χ1) is 12.2. The Labute approximate surface area is 149 Å². The molecule has 0 bridgehead atoms. The average Bonchev–Trinajstić information content (AvgIpc) is 3.06. The predicted molar refractivity (Wildman–Crippen MR) is 98.9 cm³/mol. The Kier molecular flexibility index (Phi) is 4.17. The minimum Gasteiger partial charge on any atom is -0.496 e. The summed E-state index contributed by atoms with van der Waals surface area (Å²) in [6, 6.07) is 7.74. The maximum atomic E-state index is 12.3. The number of methoxy groups -OCH3 is 1. The fourth-order valence-corrected chi connectivity index (χ4v) is 4.24. The van der Waals surface area contributed by atoms with E-state index in [4.69, 9.17) is 4.74 Å². The normalized spacial score (nSPS) is 13.9. The number of rotatable bonds is 4. The molecule has 1 aromatic carbocycles. The molecule has 0 unspecified atom stereocenters. The van der Waals surface area contributed by atoms with Crippen molar-refractivity contribution in [2.24, 2.45) is 0 Å². The molecule has 0 spiro atoms. The minimum atomic E-state index is -0.102. The van der Waals surface area contributed by atoms with Crippen LogP contribution in [0.15, 0.2) is 29.1 Å². The van der Waals surface area contributed by atoms with Gasteiger partial charge in [-0.3, -0.25) is 4.79 Å². The molecule has 4 rings (SSSR count). The van der Waals surface area contributed by atoms with Crippen LogP contribution in [0.5, 0.6) is 5.75 Å². The van der Waals surface area contributed by atoms with Gasteiger partial charge in [-0.1, -0.05) is 36.8 Å². The molecular formula is C18H20N4O2S. The van der Waals surface area contributed by atoms with Gasteiger partial charge in [0, 0.05) is 30.4 Å². The molecule has 3 aromatic rings. The van der Waals surface area contributed by atoms with Gasteiger partial charge in [-0.2, -0.15) is 4.52 Å². The monoisotopic (exact) mass is 356 g/mol. The van der Waals surface area contributed by atoms with Crippen LogP contribution in [0.3, 0.4) is 0 Å². The topological polar surface area (TPSA) is 59.7 Å². The van der Waals surface area contributed by atoms with Gasteiger partial charge in [0.2, 0.25) is 10.1 Å². The molecule has 0 amide bonds. The lowest BCUT2D eigenvalue weighted by atomic mass is 9.99. The molecule has 3 heterocycles. The standard InChI is InChI=1S/C18H20N4O2S/c1-3-5-13-10-16(23)22-17(19-13)25-18(20-22)21-9-8-14-12(11-21)6-4-7-15(14)24-2/h4,6-7,10H,3,5,8-9,11H2,1-2H3. The van der Waals surface area contributed by atoms with Gasteiger partial charge in [0.15, 0.2) is 0 Å². The third-order valence-corrected chi connectivity index (χ3v) is 5.48. The molecule has 0 saturated heterocycles. The van der Waals surface area contributed by atoms with Gasteiger partial charge in [-0.05, 0) is 24.5 Å². The fraction of sp³-hybridized carbons (Fsp3) is 0.389. The van der Waals surface area contributed by atoms with Crippen molar-refractivity contribution < 1.29 is 4.74 Å². The number of ether oxygens (including phenoxy) is 1. The van der Waals surface area contributed by atoms with Gasteiger partial charge in [0.1, 0.15) is 5.75 Å². The molecule has 0 saturated carbocycles. The smallest absolute Gasteiger partial charge is 0.275 e. The van der Waals surface area contributed by atoms with Crippen LogP contribution in [-0.2, 0) is 19.4 Å². The fourth-order valence-electron chi connectivity index (χ4n) is 3.29. The SMILES string of the molecule is CCCc1cc(=O)n2nc(N3CCc4c(cccc4OC)C3)sc2n1. The van der Waals surface area contributed by atoms with Gasteiger partial charge in [-0.25, -0.2) is 4.98 Å². The van der Waals surface area contributed by atoms with Crippen LogP contribution in [0.25, 0.3) is 4.96 Å². The van der Waals surface area contributed by atoms with Crippen LogP contribution in [-0.4, -0.2) is 28.3 Å². The first kappa shape index (κ1) is 16.1. The van der Waals surface area contributed by atoms with Gasteiger partial charge >= 0.3 is 0 Å². The van der Waals surface area contributed by atoms with E-state index in [0.29, 0.717) is 4.96 Å². The third-order valence-electron chi connectivity index (χ3n) is 4.51. The van der Waals surface area contributed by atoms with Crippen molar-refractivity contribution in [3.8, 4) is 5.75 Å². The second kappa shape index (κ2) is 6.48. The number of hydrogen-bond donors (Lipinski definition) is 0. The van der Waals surface area contributed by atoms with E-state index >= 15 is 0 Å². The molecule has 0 N–H and O–H groups in total. The zero-order valence-corrected chi connectivity index (χ0v) is 15.2. The van der Waals surface area contributed by atoms with Crippen molar-refractivity contribution in [2.75, 3.05) is 18.6 Å². The summed E-state index contributed by atoms with van der Waals surface area (Å²) in [5.74, 6) is 0.948. The molecule has 25 heavy (non-hydrogen) atoms. The summed E-state index contributed by atoms with van der Waals surface area (Å²) in [6.07, 6.45) is 2.69. The second-order valence-electron chi connectivity index (χ2n) is 6.18. The van der Waals surface area contributed by atoms with E-state index in [1.807, 2.05) is 12.1 Å². The molecular weight excluding hydrogens is 336 g/mol. The number of nitrogens with zero attached hydrogens (tertiary/aromatic N) is 4. The molecule has 7 heteroatoms. The third kappa shape index (κ3) is 2.89. The van der Waals surface area contributed by atoms with E-state index in [9.17, 15) is 4.79 Å². The van der Waals surface area contributed by atoms with Gasteiger partial charge in [-0.15, -0.1) is 5.10 Å². The van der Waals surface area contributed by atoms with Crippen LogP contribution in [0, 0.1) is 0 Å². The highest BCUT2D eigenvalue weighted by Gasteiger charge is 2.22. The lowest BCUT2D eigenvalue weighted by Crippen LogP contribution is -2.30. The molecule has 0 radical (unpaired) electrons. The lowest BCUT2D eigenvalue weighted by Gasteiger charge is -2.29. The van der Waals surface area contributed by atoms with E-state index in [2.05, 4.69) is 28.0 Å². The summed E-state index contributed by atoms with van der Waals surface area (Å²) in [4.78, 5) is 19.7. The predicted octanol–water partition coefficient (Wildman–Crippen LogP) is 2.67. The van der Waals surface area contributed by atoms with Crippen LogP contribution >= 0.6 is 11.3 Å². The van der Waals surface area contributed by atoms with Crippen molar-refractivity contribution in [1.82, 2.24) is 14.6 Å². The summed E-state index contributed by atoms with van der Waals surface area (Å²) in [5.41, 5.74) is 3.26. The van der Waals surface area contributed by atoms with E-state index in [1.54, 1.807) is 13.2 Å². The van der Waals surface area contributed by atoms with Gasteiger partial charge < -0.3 is 9.64 Å². The van der Waals surface area contributed by atoms with Crippen LogP contribution in [0.4, 0.5) is 5.13 Å². The number of benzene rings is 1. The number of aromatic nitrogens is 3. The van der Waals surface area contributed by atoms with E-state index in [0.717, 1.165) is 48.9 Å². The van der Waals surface area contributed by atoms with Gasteiger partial charge in [0.05, 0.1) is 7.11 Å². The Bertz CT molecular complexity index is 979. The number of aryl methyl sites for hydroxylation is 1. The molecule has 0 fully saturated rings. The maximum Gasteiger partial charge on any atom is 0.275 e. The zero-order valence-electron chi connectivity index (χ0n) is 14.4. The Hall–Kier alpha value is -2.41. The summed E-state index contributed by atoms with van der Waals surface area (Å²) >= 11 is 1.48. The Morgan fingerprint density at radius 1 is 1.36 bits per heavy atom. The Morgan fingerprint density at radius 3 is 3.04 bits per heavy atom. The van der Waals surface area contributed by atoms with Crippen molar-refractivity contribution in [3.63, 3.8) is 0 Å². The summed E-state index contributed by atoms with van der Waals surface area (Å²) in [5, 5.41) is 5.35. The van der Waals surface area contributed by atoms with Crippen molar-refractivity contribution in [1.29, 1.82) is 0 Å². The molecule has 2 aromatic heterocycles. The van der Waals surface area contributed by atoms with Gasteiger partial charge in [0.25, 0.3) is 5.56 Å². The summed E-state index contributed by atoms with van der Waals surface area (Å²) < 4.78 is 6.88. The molecule has 130 valence electrons. The van der Waals surface area contributed by atoms with Crippen molar-refractivity contribution >= 4 is 21.4 Å². The molecule has 1 aliphatic rings. The number of fused-ring (bicyclic) bond motifs is 2. The van der Waals surface area contributed by atoms with Crippen LogP contribution in [0.1, 0.15) is 30.2 Å². The number of anilines is 1. The quantitative estimate of drug-likeness (QED) is 0.719. The van der Waals surface area contributed by atoms with Crippen LogP contribution < -0.4 is 15.2 Å². The highest BCUT2D eigenvalue weighted by molar-refractivity contribution is 7.20. The minimum absolute atomic E-state index is 0.102. The zero-order chi connectivity index (χ0) is 17.4. The summed E-state index contributed by atoms with van der Waals surface area (Å²) in [7, 11) is 1.71.